The summed E-state index contributed by atoms with van der Waals surface area (Å²) in [5, 5.41) is 18.3. The fraction of sp³-hybridized carbons (Fsp3) is 0.400. The monoisotopic (exact) mass is 308 g/mol. The normalized spacial score (nSPS) is 11.1. The molecule has 17 heavy (non-hydrogen) atoms. The van der Waals surface area contributed by atoms with Crippen LogP contribution in [-0.2, 0) is 0 Å². The predicted molar refractivity (Wildman–Crippen MR) is 64.7 cm³/mol. The fourth-order valence-corrected chi connectivity index (χ4v) is 1.96. The van der Waals surface area contributed by atoms with E-state index in [-0.39, 0.29) is 21.6 Å². The largest absolute Gasteiger partial charge is 0.492 e. The SMILES string of the molecule is CC(C)c1cc(Br)c(OC(F)F)c(B(O)O)c1. The predicted octanol–water partition coefficient (Wildman–Crippen LogP) is 1.85. The molecule has 0 saturated heterocycles. The lowest BCUT2D eigenvalue weighted by Gasteiger charge is -2.15. The van der Waals surface area contributed by atoms with Crippen LogP contribution in [0.1, 0.15) is 25.3 Å². The van der Waals surface area contributed by atoms with Crippen LogP contribution in [-0.4, -0.2) is 23.8 Å². The van der Waals surface area contributed by atoms with Crippen molar-refractivity contribution < 1.29 is 23.6 Å². The molecular formula is C10H12BBrF2O3. The number of halogens is 3. The van der Waals surface area contributed by atoms with Gasteiger partial charge in [-0.25, -0.2) is 0 Å². The Morgan fingerprint density at radius 2 is 1.88 bits per heavy atom. The molecule has 0 aromatic heterocycles. The van der Waals surface area contributed by atoms with E-state index in [2.05, 4.69) is 20.7 Å². The van der Waals surface area contributed by atoms with Gasteiger partial charge in [-0.1, -0.05) is 19.9 Å². The van der Waals surface area contributed by atoms with Crippen LogP contribution in [0.2, 0.25) is 0 Å². The summed E-state index contributed by atoms with van der Waals surface area (Å²) in [6.45, 7) is 0.792. The number of hydrogen-bond acceptors (Lipinski definition) is 3. The maximum absolute atomic E-state index is 12.2. The first-order valence-corrected chi connectivity index (χ1v) is 5.76. The lowest BCUT2D eigenvalue weighted by Crippen LogP contribution is -2.33. The van der Waals surface area contributed by atoms with Gasteiger partial charge in [-0.15, -0.1) is 0 Å². The zero-order valence-corrected chi connectivity index (χ0v) is 10.9. The van der Waals surface area contributed by atoms with Crippen molar-refractivity contribution in [2.75, 3.05) is 0 Å². The quantitative estimate of drug-likeness (QED) is 0.835. The summed E-state index contributed by atoms with van der Waals surface area (Å²) in [6.07, 6.45) is 0. The topological polar surface area (TPSA) is 49.7 Å². The molecule has 0 fully saturated rings. The summed E-state index contributed by atoms with van der Waals surface area (Å²) >= 11 is 3.08. The Hall–Kier alpha value is -0.655. The van der Waals surface area contributed by atoms with Crippen molar-refractivity contribution in [3.63, 3.8) is 0 Å². The van der Waals surface area contributed by atoms with Crippen LogP contribution in [0, 0.1) is 0 Å². The van der Waals surface area contributed by atoms with Crippen molar-refractivity contribution in [3.05, 3.63) is 22.2 Å². The molecule has 0 radical (unpaired) electrons. The number of rotatable bonds is 4. The van der Waals surface area contributed by atoms with Crippen LogP contribution in [0.3, 0.4) is 0 Å². The molecule has 0 atom stereocenters. The Labute approximate surface area is 107 Å². The second kappa shape index (κ2) is 5.79. The molecule has 94 valence electrons. The first-order valence-electron chi connectivity index (χ1n) is 4.97. The summed E-state index contributed by atoms with van der Waals surface area (Å²) in [6, 6.07) is 3.06. The lowest BCUT2D eigenvalue weighted by atomic mass is 9.78. The molecule has 1 aromatic rings. The second-order valence-corrected chi connectivity index (χ2v) is 4.68. The van der Waals surface area contributed by atoms with E-state index in [1.165, 1.54) is 6.07 Å². The number of ether oxygens (including phenoxy) is 1. The van der Waals surface area contributed by atoms with E-state index in [4.69, 9.17) is 10.0 Å². The highest BCUT2D eigenvalue weighted by Gasteiger charge is 2.23. The highest BCUT2D eigenvalue weighted by Crippen LogP contribution is 2.28. The second-order valence-electron chi connectivity index (χ2n) is 3.83. The Bertz CT molecular complexity index is 399. The van der Waals surface area contributed by atoms with Gasteiger partial charge in [-0.05, 0) is 33.5 Å². The molecule has 0 heterocycles. The smallest absolute Gasteiger partial charge is 0.434 e. The molecule has 0 aliphatic carbocycles. The van der Waals surface area contributed by atoms with Crippen LogP contribution in [0.15, 0.2) is 16.6 Å². The van der Waals surface area contributed by atoms with Gasteiger partial charge in [-0.2, -0.15) is 8.78 Å². The molecule has 0 bridgehead atoms. The van der Waals surface area contributed by atoms with E-state index in [9.17, 15) is 8.78 Å². The zero-order valence-electron chi connectivity index (χ0n) is 9.32. The van der Waals surface area contributed by atoms with Gasteiger partial charge in [0.05, 0.1) is 4.47 Å². The molecule has 3 nitrogen and oxygen atoms in total. The van der Waals surface area contributed by atoms with E-state index in [0.29, 0.717) is 0 Å². The molecule has 0 aliphatic heterocycles. The van der Waals surface area contributed by atoms with E-state index in [1.54, 1.807) is 6.07 Å². The third kappa shape index (κ3) is 3.65. The fourth-order valence-electron chi connectivity index (χ4n) is 1.38. The van der Waals surface area contributed by atoms with Gasteiger partial charge in [-0.3, -0.25) is 0 Å². The zero-order chi connectivity index (χ0) is 13.2. The summed E-state index contributed by atoms with van der Waals surface area (Å²) in [7, 11) is -1.86. The average molecular weight is 309 g/mol. The van der Waals surface area contributed by atoms with Gasteiger partial charge in [0.25, 0.3) is 0 Å². The van der Waals surface area contributed by atoms with Crippen LogP contribution in [0.25, 0.3) is 0 Å². The Morgan fingerprint density at radius 3 is 2.29 bits per heavy atom. The molecule has 7 heteroatoms. The minimum Gasteiger partial charge on any atom is -0.434 e. The van der Waals surface area contributed by atoms with Gasteiger partial charge in [0.2, 0.25) is 0 Å². The van der Waals surface area contributed by atoms with Crippen molar-refractivity contribution >= 4 is 28.5 Å². The van der Waals surface area contributed by atoms with Crippen molar-refractivity contribution in [2.45, 2.75) is 26.4 Å². The molecule has 1 aromatic carbocycles. The van der Waals surface area contributed by atoms with Crippen molar-refractivity contribution in [1.29, 1.82) is 0 Å². The third-order valence-electron chi connectivity index (χ3n) is 2.25. The highest BCUT2D eigenvalue weighted by molar-refractivity contribution is 9.10. The number of hydrogen-bond donors (Lipinski definition) is 2. The van der Waals surface area contributed by atoms with Gasteiger partial charge < -0.3 is 14.8 Å². The molecule has 2 N–H and O–H groups in total. The van der Waals surface area contributed by atoms with Gasteiger partial charge in [0.15, 0.2) is 0 Å². The van der Waals surface area contributed by atoms with Crippen molar-refractivity contribution in [3.8, 4) is 5.75 Å². The first kappa shape index (κ1) is 14.4. The van der Waals surface area contributed by atoms with Gasteiger partial charge >= 0.3 is 13.7 Å². The van der Waals surface area contributed by atoms with Crippen LogP contribution in [0.5, 0.6) is 5.75 Å². The first-order chi connectivity index (χ1) is 7.82. The van der Waals surface area contributed by atoms with Crippen LogP contribution >= 0.6 is 15.9 Å². The van der Waals surface area contributed by atoms with E-state index >= 15 is 0 Å². The van der Waals surface area contributed by atoms with Crippen LogP contribution in [0.4, 0.5) is 8.78 Å². The van der Waals surface area contributed by atoms with Gasteiger partial charge in [0.1, 0.15) is 5.75 Å². The van der Waals surface area contributed by atoms with Crippen molar-refractivity contribution in [2.24, 2.45) is 0 Å². The minimum absolute atomic E-state index is 0.0802. The van der Waals surface area contributed by atoms with E-state index < -0.39 is 13.7 Å². The van der Waals surface area contributed by atoms with Crippen LogP contribution < -0.4 is 10.2 Å². The Kier molecular flexibility index (Phi) is 4.91. The third-order valence-corrected chi connectivity index (χ3v) is 2.84. The average Bonchev–Trinajstić information content (AvgIpc) is 2.19. The van der Waals surface area contributed by atoms with Gasteiger partial charge in [0, 0.05) is 5.46 Å². The maximum Gasteiger partial charge on any atom is 0.492 e. The molecule has 0 unspecified atom stereocenters. The Morgan fingerprint density at radius 1 is 1.29 bits per heavy atom. The van der Waals surface area contributed by atoms with E-state index in [0.717, 1.165) is 5.56 Å². The standard InChI is InChI=1S/C10H12BBrF2O3/c1-5(2)6-3-7(11(15)16)9(8(12)4-6)17-10(13)14/h3-5,10,15-16H,1-2H3. The molecule has 1 rings (SSSR count). The molecular weight excluding hydrogens is 297 g/mol. The summed E-state index contributed by atoms with van der Waals surface area (Å²) < 4.78 is 28.9. The maximum atomic E-state index is 12.2. The highest BCUT2D eigenvalue weighted by atomic mass is 79.9. The molecule has 0 spiro atoms. The Balaban J connectivity index is 3.28. The minimum atomic E-state index is -3.02. The number of benzene rings is 1. The number of alkyl halides is 2. The summed E-state index contributed by atoms with van der Waals surface area (Å²) in [5.41, 5.74) is 0.713. The lowest BCUT2D eigenvalue weighted by molar-refractivity contribution is -0.0497. The van der Waals surface area contributed by atoms with E-state index in [1.807, 2.05) is 13.8 Å². The molecule has 0 amide bonds. The summed E-state index contributed by atoms with van der Waals surface area (Å²) in [4.78, 5) is 0. The van der Waals surface area contributed by atoms with Crippen molar-refractivity contribution in [1.82, 2.24) is 0 Å². The molecule has 0 saturated carbocycles. The molecule has 0 aliphatic rings. The summed E-state index contributed by atoms with van der Waals surface area (Å²) in [5.74, 6) is -0.121.